The van der Waals surface area contributed by atoms with E-state index in [4.69, 9.17) is 14.6 Å². The number of likely N-dealkylation sites (N-methyl/N-ethyl adjacent to an activating group) is 1. The van der Waals surface area contributed by atoms with Gasteiger partial charge in [0.15, 0.2) is 0 Å². The average Bonchev–Trinajstić information content (AvgIpc) is 3.05. The van der Waals surface area contributed by atoms with Gasteiger partial charge in [0.25, 0.3) is 0 Å². The van der Waals surface area contributed by atoms with E-state index in [9.17, 15) is 18.0 Å². The van der Waals surface area contributed by atoms with Crippen LogP contribution in [0.4, 0.5) is 13.2 Å². The molecular formula is C18H23F3N2O4. The Balaban J connectivity index is 0.000000321. The third-order valence-corrected chi connectivity index (χ3v) is 4.67. The zero-order valence-corrected chi connectivity index (χ0v) is 14.9. The lowest BCUT2D eigenvalue weighted by molar-refractivity contribution is -0.192. The summed E-state index contributed by atoms with van der Waals surface area (Å²) in [5.74, 6) is -2.19. The molecule has 0 spiro atoms. The topological polar surface area (TPSA) is 78.9 Å². The van der Waals surface area contributed by atoms with E-state index in [1.165, 1.54) is 5.56 Å². The number of carbonyl (C=O) groups excluding carboxylic acids is 1. The van der Waals surface area contributed by atoms with Crippen LogP contribution in [0.3, 0.4) is 0 Å². The molecule has 1 amide bonds. The molecule has 2 aliphatic rings. The predicted octanol–water partition coefficient (Wildman–Crippen LogP) is 2.05. The van der Waals surface area contributed by atoms with Crippen molar-refractivity contribution >= 4 is 11.9 Å². The lowest BCUT2D eigenvalue weighted by Gasteiger charge is -2.34. The molecule has 2 N–H and O–H groups in total. The summed E-state index contributed by atoms with van der Waals surface area (Å²) < 4.78 is 37.7. The maximum absolute atomic E-state index is 11.7. The summed E-state index contributed by atoms with van der Waals surface area (Å²) in [5, 5.41) is 9.82. The molecule has 0 aliphatic carbocycles. The summed E-state index contributed by atoms with van der Waals surface area (Å²) in [5.41, 5.74) is 1.34. The molecule has 150 valence electrons. The van der Waals surface area contributed by atoms with Gasteiger partial charge in [-0.15, -0.1) is 0 Å². The summed E-state index contributed by atoms with van der Waals surface area (Å²) in [4.78, 5) is 23.0. The fourth-order valence-electron chi connectivity index (χ4n) is 3.31. The van der Waals surface area contributed by atoms with Crippen LogP contribution in [0, 0.1) is 5.92 Å². The largest absolute Gasteiger partial charge is 0.490 e. The lowest BCUT2D eigenvalue weighted by Crippen LogP contribution is -2.42. The third kappa shape index (κ3) is 6.21. The van der Waals surface area contributed by atoms with Gasteiger partial charge in [0.1, 0.15) is 6.10 Å². The van der Waals surface area contributed by atoms with Crippen molar-refractivity contribution in [3.8, 4) is 0 Å². The minimum absolute atomic E-state index is 0.0222. The molecule has 9 heteroatoms. The van der Waals surface area contributed by atoms with Gasteiger partial charge in [-0.25, -0.2) is 4.79 Å². The van der Waals surface area contributed by atoms with E-state index in [0.717, 1.165) is 32.5 Å². The first-order chi connectivity index (χ1) is 12.7. The molecule has 0 unspecified atom stereocenters. The molecule has 2 fully saturated rings. The number of aliphatic carboxylic acids is 1. The Morgan fingerprint density at radius 3 is 2.48 bits per heavy atom. The monoisotopic (exact) mass is 388 g/mol. The number of hydrogen-bond acceptors (Lipinski definition) is 4. The average molecular weight is 388 g/mol. The van der Waals surface area contributed by atoms with Gasteiger partial charge >= 0.3 is 12.1 Å². The van der Waals surface area contributed by atoms with Gasteiger partial charge in [-0.3, -0.25) is 9.69 Å². The molecule has 3 rings (SSSR count). The first-order valence-electron chi connectivity index (χ1n) is 8.64. The Labute approximate surface area is 155 Å². The quantitative estimate of drug-likeness (QED) is 0.829. The third-order valence-electron chi connectivity index (χ3n) is 4.67. The minimum atomic E-state index is -5.08. The van der Waals surface area contributed by atoms with Crippen LogP contribution < -0.4 is 5.32 Å². The summed E-state index contributed by atoms with van der Waals surface area (Å²) in [7, 11) is 1.68. The Morgan fingerprint density at radius 2 is 1.93 bits per heavy atom. The lowest BCUT2D eigenvalue weighted by atomic mass is 9.91. The number of alkyl halides is 3. The van der Waals surface area contributed by atoms with Crippen LogP contribution in [0.5, 0.6) is 0 Å². The number of hydrogen-bond donors (Lipinski definition) is 2. The normalized spacial score (nSPS) is 25.1. The number of carboxylic acids is 1. The van der Waals surface area contributed by atoms with Gasteiger partial charge in [0.05, 0.1) is 6.10 Å². The molecule has 1 aromatic rings. The number of rotatable bonds is 3. The SMILES string of the molecule is CNC(=O)[C@H]1C[C@@H]2CCN(Cc3ccccc3)C[C@@H]2O1.O=C(O)C(F)(F)F. The van der Waals surface area contributed by atoms with Crippen molar-refractivity contribution in [2.24, 2.45) is 5.92 Å². The minimum Gasteiger partial charge on any atom is -0.475 e. The van der Waals surface area contributed by atoms with Gasteiger partial charge in [0, 0.05) is 20.1 Å². The zero-order chi connectivity index (χ0) is 20.0. The summed E-state index contributed by atoms with van der Waals surface area (Å²) in [6.07, 6.45) is -3.10. The Hall–Kier alpha value is -2.13. The molecular weight excluding hydrogens is 365 g/mol. The molecule has 0 aromatic heterocycles. The van der Waals surface area contributed by atoms with Gasteiger partial charge in [-0.2, -0.15) is 13.2 Å². The van der Waals surface area contributed by atoms with Crippen LogP contribution in [0.25, 0.3) is 0 Å². The molecule has 0 saturated carbocycles. The van der Waals surface area contributed by atoms with Gasteiger partial charge in [0.2, 0.25) is 5.91 Å². The highest BCUT2D eigenvalue weighted by molar-refractivity contribution is 5.80. The van der Waals surface area contributed by atoms with Crippen molar-refractivity contribution in [3.05, 3.63) is 35.9 Å². The molecule has 3 atom stereocenters. The van der Waals surface area contributed by atoms with Crippen molar-refractivity contribution in [2.75, 3.05) is 20.1 Å². The Morgan fingerprint density at radius 1 is 1.30 bits per heavy atom. The number of piperidine rings is 1. The Bertz CT molecular complexity index is 639. The number of nitrogens with zero attached hydrogens (tertiary/aromatic N) is 1. The fraction of sp³-hybridized carbons (Fsp3) is 0.556. The van der Waals surface area contributed by atoms with E-state index < -0.39 is 12.1 Å². The van der Waals surface area contributed by atoms with Crippen LogP contribution in [0.2, 0.25) is 0 Å². The number of amides is 1. The second-order valence-corrected chi connectivity index (χ2v) is 6.59. The van der Waals surface area contributed by atoms with E-state index in [0.29, 0.717) is 5.92 Å². The van der Waals surface area contributed by atoms with Crippen LogP contribution in [-0.2, 0) is 20.9 Å². The van der Waals surface area contributed by atoms with Crippen LogP contribution in [0.1, 0.15) is 18.4 Å². The molecule has 0 radical (unpaired) electrons. The van der Waals surface area contributed by atoms with Gasteiger partial charge in [-0.05, 0) is 30.9 Å². The highest BCUT2D eigenvalue weighted by Gasteiger charge is 2.41. The molecule has 27 heavy (non-hydrogen) atoms. The van der Waals surface area contributed by atoms with Crippen molar-refractivity contribution in [1.82, 2.24) is 10.2 Å². The maximum atomic E-state index is 11.7. The van der Waals surface area contributed by atoms with Crippen LogP contribution >= 0.6 is 0 Å². The molecule has 2 heterocycles. The fourth-order valence-corrected chi connectivity index (χ4v) is 3.31. The second-order valence-electron chi connectivity index (χ2n) is 6.59. The summed E-state index contributed by atoms with van der Waals surface area (Å²) >= 11 is 0. The highest BCUT2D eigenvalue weighted by Crippen LogP contribution is 2.33. The first-order valence-corrected chi connectivity index (χ1v) is 8.64. The number of fused-ring (bicyclic) bond motifs is 1. The summed E-state index contributed by atoms with van der Waals surface area (Å²) in [6.45, 7) is 3.00. The van der Waals surface area contributed by atoms with Crippen LogP contribution in [0.15, 0.2) is 30.3 Å². The number of carboxylic acid groups (broad SMARTS) is 1. The number of carbonyl (C=O) groups is 2. The predicted molar refractivity (Wildman–Crippen MR) is 90.9 cm³/mol. The van der Waals surface area contributed by atoms with Crippen LogP contribution in [-0.4, -0.2) is 60.4 Å². The van der Waals surface area contributed by atoms with E-state index >= 15 is 0 Å². The van der Waals surface area contributed by atoms with Crippen molar-refractivity contribution in [3.63, 3.8) is 0 Å². The molecule has 2 aliphatic heterocycles. The number of ether oxygens (including phenoxy) is 1. The van der Waals surface area contributed by atoms with Gasteiger partial charge < -0.3 is 15.2 Å². The van der Waals surface area contributed by atoms with Crippen molar-refractivity contribution in [2.45, 2.75) is 37.8 Å². The molecule has 2 saturated heterocycles. The Kier molecular flexibility index (Phi) is 7.20. The smallest absolute Gasteiger partial charge is 0.475 e. The summed E-state index contributed by atoms with van der Waals surface area (Å²) in [6, 6.07) is 10.5. The van der Waals surface area contributed by atoms with E-state index in [-0.39, 0.29) is 18.1 Å². The molecule has 0 bridgehead atoms. The highest BCUT2D eigenvalue weighted by atomic mass is 19.4. The standard InChI is InChI=1S/C16H22N2O2.C2HF3O2/c1-17-16(19)14-9-13-7-8-18(11-15(13)20-14)10-12-5-3-2-4-6-12;3-2(4,5)1(6)7/h2-6,13-15H,7-11H2,1H3,(H,17,19);(H,6,7)/t13-,14+,15-;/m0./s1. The number of likely N-dealkylation sites (tertiary alicyclic amines) is 1. The van der Waals surface area contributed by atoms with E-state index in [1.54, 1.807) is 7.05 Å². The van der Waals surface area contributed by atoms with Gasteiger partial charge in [-0.1, -0.05) is 30.3 Å². The van der Waals surface area contributed by atoms with E-state index in [1.807, 2.05) is 6.07 Å². The number of nitrogens with one attached hydrogen (secondary N) is 1. The number of benzene rings is 1. The van der Waals surface area contributed by atoms with E-state index in [2.05, 4.69) is 34.5 Å². The molecule has 6 nitrogen and oxygen atoms in total. The van der Waals surface area contributed by atoms with Crippen molar-refractivity contribution < 1.29 is 32.6 Å². The first kappa shape index (κ1) is 21.2. The zero-order valence-electron chi connectivity index (χ0n) is 14.9. The number of halogens is 3. The maximum Gasteiger partial charge on any atom is 0.490 e. The van der Waals surface area contributed by atoms with Crippen molar-refractivity contribution in [1.29, 1.82) is 0 Å². The molecule has 1 aromatic carbocycles. The second kappa shape index (κ2) is 9.18.